The largest absolute Gasteiger partial charge is 0.573 e. The fourth-order valence-corrected chi connectivity index (χ4v) is 2.64. The summed E-state index contributed by atoms with van der Waals surface area (Å²) in [6.45, 7) is 0. The summed E-state index contributed by atoms with van der Waals surface area (Å²) in [4.78, 5) is 22.5. The SMILES string of the molecule is O=C(OC(=O)C(F)(F)F)c1n[nH]nc1C(F)(F)c1ccc(-c2ccc(OC(F)(F)F)cc2)cc1. The Morgan fingerprint density at radius 2 is 1.29 bits per heavy atom. The Bertz CT molecular complexity index is 1190. The van der Waals surface area contributed by atoms with Gasteiger partial charge in [-0.25, -0.2) is 9.59 Å². The molecule has 0 spiro atoms. The summed E-state index contributed by atoms with van der Waals surface area (Å²) in [5.41, 5.74) is -2.84. The maximum atomic E-state index is 14.9. The lowest BCUT2D eigenvalue weighted by Gasteiger charge is -2.16. The topological polar surface area (TPSA) is 94.2 Å². The number of carbonyl (C=O) groups is 2. The predicted octanol–water partition coefficient (Wildman–Crippen LogP) is 4.76. The number of aromatic nitrogens is 3. The molecule has 7 nitrogen and oxygen atoms in total. The molecular weight excluding hydrogens is 486 g/mol. The Labute approximate surface area is 183 Å². The minimum atomic E-state index is -5.55. The molecule has 0 radical (unpaired) electrons. The molecule has 0 amide bonds. The average Bonchev–Trinajstić information content (AvgIpc) is 3.24. The van der Waals surface area contributed by atoms with E-state index in [-0.39, 0.29) is 0 Å². The van der Waals surface area contributed by atoms with Crippen LogP contribution in [0, 0.1) is 0 Å². The third kappa shape index (κ3) is 5.47. The van der Waals surface area contributed by atoms with Gasteiger partial charge in [0.15, 0.2) is 5.69 Å². The molecule has 0 fully saturated rings. The average molecular weight is 495 g/mol. The third-order valence-corrected chi connectivity index (χ3v) is 4.12. The first kappa shape index (κ1) is 24.6. The fourth-order valence-electron chi connectivity index (χ4n) is 2.64. The maximum absolute atomic E-state index is 14.9. The highest BCUT2D eigenvalue weighted by atomic mass is 19.4. The van der Waals surface area contributed by atoms with Crippen molar-refractivity contribution >= 4 is 11.9 Å². The van der Waals surface area contributed by atoms with Gasteiger partial charge in [0.25, 0.3) is 0 Å². The lowest BCUT2D eigenvalue weighted by molar-refractivity contribution is -0.274. The van der Waals surface area contributed by atoms with Crippen LogP contribution in [0.25, 0.3) is 11.1 Å². The van der Waals surface area contributed by atoms with Gasteiger partial charge < -0.3 is 9.47 Å². The molecule has 0 atom stereocenters. The third-order valence-electron chi connectivity index (χ3n) is 4.12. The zero-order valence-electron chi connectivity index (χ0n) is 16.2. The molecule has 180 valence electrons. The number of halogens is 8. The van der Waals surface area contributed by atoms with Crippen LogP contribution < -0.4 is 4.74 Å². The zero-order valence-corrected chi connectivity index (χ0v) is 16.2. The first-order chi connectivity index (χ1) is 15.7. The fraction of sp³-hybridized carbons (Fsp3) is 0.158. The first-order valence-electron chi connectivity index (χ1n) is 8.77. The Hall–Kier alpha value is -4.04. The van der Waals surface area contributed by atoms with Gasteiger partial charge in [0.2, 0.25) is 5.69 Å². The summed E-state index contributed by atoms with van der Waals surface area (Å²) >= 11 is 0. The molecule has 0 aliphatic heterocycles. The summed E-state index contributed by atoms with van der Waals surface area (Å²) in [6.07, 6.45) is -10.4. The molecule has 15 heteroatoms. The molecule has 3 rings (SSSR count). The number of nitrogens with one attached hydrogen (secondary N) is 1. The molecule has 3 aromatic rings. The van der Waals surface area contributed by atoms with E-state index < -0.39 is 53.1 Å². The van der Waals surface area contributed by atoms with E-state index in [0.717, 1.165) is 24.3 Å². The van der Waals surface area contributed by atoms with Gasteiger partial charge in [-0.1, -0.05) is 36.4 Å². The lowest BCUT2D eigenvalue weighted by atomic mass is 9.99. The van der Waals surface area contributed by atoms with Gasteiger partial charge in [0.05, 0.1) is 0 Å². The molecule has 2 aromatic carbocycles. The van der Waals surface area contributed by atoms with Crippen molar-refractivity contribution in [3.8, 4) is 16.9 Å². The Morgan fingerprint density at radius 3 is 1.79 bits per heavy atom. The number of H-pyrrole nitrogens is 1. The van der Waals surface area contributed by atoms with E-state index in [0.29, 0.717) is 11.1 Å². The van der Waals surface area contributed by atoms with Crippen LogP contribution in [0.5, 0.6) is 5.75 Å². The molecule has 0 aliphatic carbocycles. The normalized spacial score (nSPS) is 12.4. The summed E-state index contributed by atoms with van der Waals surface area (Å²) in [7, 11) is 0. The summed E-state index contributed by atoms with van der Waals surface area (Å²) in [5, 5.41) is 7.79. The van der Waals surface area contributed by atoms with Crippen molar-refractivity contribution in [2.24, 2.45) is 0 Å². The van der Waals surface area contributed by atoms with Crippen molar-refractivity contribution in [2.75, 3.05) is 0 Å². The molecular formula is C19H9F8N3O4. The van der Waals surface area contributed by atoms with Gasteiger partial charge in [-0.2, -0.15) is 32.3 Å². The molecule has 0 aliphatic rings. The smallest absolute Gasteiger partial charge is 0.406 e. The van der Waals surface area contributed by atoms with E-state index in [1.54, 1.807) is 5.21 Å². The molecule has 0 saturated carbocycles. The van der Waals surface area contributed by atoms with Gasteiger partial charge in [0.1, 0.15) is 5.75 Å². The number of hydrogen-bond acceptors (Lipinski definition) is 6. The van der Waals surface area contributed by atoms with E-state index in [9.17, 15) is 44.7 Å². The second kappa shape index (κ2) is 8.72. The van der Waals surface area contributed by atoms with Crippen LogP contribution in [0.4, 0.5) is 35.1 Å². The van der Waals surface area contributed by atoms with Gasteiger partial charge in [-0.15, -0.1) is 18.3 Å². The number of rotatable bonds is 5. The quantitative estimate of drug-likeness (QED) is 0.312. The van der Waals surface area contributed by atoms with Crippen LogP contribution in [0.1, 0.15) is 21.7 Å². The number of hydrogen-bond donors (Lipinski definition) is 1. The molecule has 0 bridgehead atoms. The van der Waals surface area contributed by atoms with Crippen LogP contribution in [-0.4, -0.2) is 39.9 Å². The van der Waals surface area contributed by atoms with Gasteiger partial charge in [-0.05, 0) is 23.3 Å². The number of aromatic amines is 1. The summed E-state index contributed by atoms with van der Waals surface area (Å²) in [5.74, 6) is -9.57. The molecule has 1 aromatic heterocycles. The number of carbonyl (C=O) groups excluding carboxylic acids is 2. The minimum absolute atomic E-state index is 0.314. The van der Waals surface area contributed by atoms with Crippen molar-refractivity contribution in [3.05, 3.63) is 65.5 Å². The van der Waals surface area contributed by atoms with Gasteiger partial charge in [-0.3, -0.25) is 0 Å². The van der Waals surface area contributed by atoms with Crippen molar-refractivity contribution in [2.45, 2.75) is 18.5 Å². The van der Waals surface area contributed by atoms with Crippen LogP contribution >= 0.6 is 0 Å². The second-order valence-corrected chi connectivity index (χ2v) is 6.42. The lowest BCUT2D eigenvalue weighted by Crippen LogP contribution is -2.29. The maximum Gasteiger partial charge on any atom is 0.573 e. The number of benzene rings is 2. The monoisotopic (exact) mass is 495 g/mol. The van der Waals surface area contributed by atoms with E-state index >= 15 is 0 Å². The molecule has 34 heavy (non-hydrogen) atoms. The minimum Gasteiger partial charge on any atom is -0.406 e. The molecule has 0 unspecified atom stereocenters. The van der Waals surface area contributed by atoms with E-state index in [4.69, 9.17) is 0 Å². The number of esters is 2. The zero-order chi connectivity index (χ0) is 25.3. The van der Waals surface area contributed by atoms with Crippen molar-refractivity contribution < 1.29 is 54.2 Å². The van der Waals surface area contributed by atoms with E-state index in [2.05, 4.69) is 19.7 Å². The Balaban J connectivity index is 1.82. The van der Waals surface area contributed by atoms with Crippen LogP contribution in [0.15, 0.2) is 48.5 Å². The highest BCUT2D eigenvalue weighted by Gasteiger charge is 2.46. The first-order valence-corrected chi connectivity index (χ1v) is 8.77. The van der Waals surface area contributed by atoms with E-state index in [1.807, 2.05) is 0 Å². The Kier molecular flexibility index (Phi) is 6.31. The highest BCUT2D eigenvalue weighted by Crippen LogP contribution is 2.37. The highest BCUT2D eigenvalue weighted by molar-refractivity contribution is 5.97. The summed E-state index contributed by atoms with van der Waals surface area (Å²) in [6, 6.07) is 8.65. The van der Waals surface area contributed by atoms with Crippen molar-refractivity contribution in [3.63, 3.8) is 0 Å². The molecule has 1 heterocycles. The van der Waals surface area contributed by atoms with Crippen LogP contribution in [0.2, 0.25) is 0 Å². The number of ether oxygens (including phenoxy) is 2. The predicted molar refractivity (Wildman–Crippen MR) is 94.4 cm³/mol. The van der Waals surface area contributed by atoms with Crippen LogP contribution in [-0.2, 0) is 15.5 Å². The second-order valence-electron chi connectivity index (χ2n) is 6.42. The standard InChI is InChI=1S/C19H9F8N3O4/c20-17(21,14-13(28-30-29-14)15(31)33-16(32)18(22,23)24)11-5-1-9(2-6-11)10-3-7-12(8-4-10)34-19(25,26)27/h1-8H,(H,28,29,30). The van der Waals surface area contributed by atoms with Gasteiger partial charge >= 0.3 is 30.4 Å². The number of nitrogens with zero attached hydrogens (tertiary/aromatic N) is 2. The van der Waals surface area contributed by atoms with E-state index in [1.165, 1.54) is 24.3 Å². The molecule has 1 N–H and O–H groups in total. The number of alkyl halides is 8. The van der Waals surface area contributed by atoms with Gasteiger partial charge in [0, 0.05) is 5.56 Å². The summed E-state index contributed by atoms with van der Waals surface area (Å²) < 4.78 is 110. The molecule has 0 saturated heterocycles. The Morgan fingerprint density at radius 1 is 0.765 bits per heavy atom. The van der Waals surface area contributed by atoms with Crippen LogP contribution in [0.3, 0.4) is 0 Å². The van der Waals surface area contributed by atoms with Crippen molar-refractivity contribution in [1.29, 1.82) is 0 Å². The van der Waals surface area contributed by atoms with Crippen molar-refractivity contribution in [1.82, 2.24) is 15.4 Å².